The summed E-state index contributed by atoms with van der Waals surface area (Å²) in [5.74, 6) is -0.607. The number of aliphatic carboxylic acids is 1. The van der Waals surface area contributed by atoms with Gasteiger partial charge in [-0.05, 0) is 50.9 Å². The third-order valence-corrected chi connectivity index (χ3v) is 4.54. The van der Waals surface area contributed by atoms with Crippen molar-refractivity contribution in [3.8, 4) is 0 Å². The van der Waals surface area contributed by atoms with Crippen LogP contribution in [0.1, 0.15) is 45.4 Å². The van der Waals surface area contributed by atoms with Crippen LogP contribution in [0.25, 0.3) is 0 Å². The van der Waals surface area contributed by atoms with Gasteiger partial charge in [0.05, 0.1) is 5.92 Å². The molecule has 2 aliphatic rings. The molecule has 0 heterocycles. The topological polar surface area (TPSA) is 63.6 Å². The van der Waals surface area contributed by atoms with E-state index in [1.807, 2.05) is 0 Å². The van der Waals surface area contributed by atoms with Crippen LogP contribution in [0.5, 0.6) is 0 Å². The van der Waals surface area contributed by atoms with E-state index < -0.39 is 5.97 Å². The first kappa shape index (κ1) is 14.1. The Morgan fingerprint density at radius 1 is 1.16 bits per heavy atom. The van der Waals surface area contributed by atoms with Crippen molar-refractivity contribution in [2.45, 2.75) is 51.6 Å². The quantitative estimate of drug-likeness (QED) is 0.630. The summed E-state index contributed by atoms with van der Waals surface area (Å²) in [7, 11) is 0. The minimum Gasteiger partial charge on any atom is -0.481 e. The summed E-state index contributed by atoms with van der Waals surface area (Å²) < 4.78 is 5.50. The third-order valence-electron chi connectivity index (χ3n) is 4.54. The van der Waals surface area contributed by atoms with E-state index >= 15 is 0 Å². The predicted octanol–water partition coefficient (Wildman–Crippen LogP) is 2.78. The molecule has 0 spiro atoms. The number of hydrogen-bond donors (Lipinski definition) is 1. The molecule has 0 aromatic heterocycles. The van der Waals surface area contributed by atoms with Gasteiger partial charge < -0.3 is 9.84 Å². The molecular weight excluding hydrogens is 244 g/mol. The fourth-order valence-corrected chi connectivity index (χ4v) is 3.50. The fraction of sp³-hybridized carbons (Fsp3) is 0.733. The second-order valence-electron chi connectivity index (χ2n) is 5.93. The fourth-order valence-electron chi connectivity index (χ4n) is 3.50. The minimum atomic E-state index is -0.664. The number of esters is 1. The van der Waals surface area contributed by atoms with Gasteiger partial charge >= 0.3 is 11.9 Å². The number of hydrogen-bond acceptors (Lipinski definition) is 3. The zero-order valence-electron chi connectivity index (χ0n) is 11.4. The van der Waals surface area contributed by atoms with Crippen LogP contribution in [0.2, 0.25) is 0 Å². The Morgan fingerprint density at radius 2 is 1.89 bits per heavy atom. The third kappa shape index (κ3) is 3.17. The maximum Gasteiger partial charge on any atom is 0.333 e. The molecule has 2 saturated carbocycles. The number of carbonyl (C=O) groups excluding carboxylic acids is 1. The van der Waals surface area contributed by atoms with Gasteiger partial charge in [0.2, 0.25) is 0 Å². The molecule has 19 heavy (non-hydrogen) atoms. The second-order valence-corrected chi connectivity index (χ2v) is 5.93. The Kier molecular flexibility index (Phi) is 4.27. The number of fused-ring (bicyclic) bond motifs is 2. The average molecular weight is 266 g/mol. The molecule has 2 bridgehead atoms. The SMILES string of the molecule is C=C(C)C(=O)OC1CCC2CC1CCCC2C(=O)O. The van der Waals surface area contributed by atoms with Gasteiger partial charge in [0.25, 0.3) is 0 Å². The molecule has 0 radical (unpaired) electrons. The van der Waals surface area contributed by atoms with Gasteiger partial charge in [0.15, 0.2) is 0 Å². The first-order valence-electron chi connectivity index (χ1n) is 7.08. The van der Waals surface area contributed by atoms with Crippen LogP contribution in [-0.4, -0.2) is 23.1 Å². The van der Waals surface area contributed by atoms with Crippen molar-refractivity contribution in [3.05, 3.63) is 12.2 Å². The normalized spacial score (nSPS) is 34.2. The van der Waals surface area contributed by atoms with Crippen LogP contribution in [0.4, 0.5) is 0 Å². The summed E-state index contributed by atoms with van der Waals surface area (Å²) in [5, 5.41) is 9.26. The lowest BCUT2D eigenvalue weighted by Crippen LogP contribution is -2.35. The lowest BCUT2D eigenvalue weighted by molar-refractivity contribution is -0.152. The molecule has 1 N–H and O–H groups in total. The number of carboxylic acid groups (broad SMARTS) is 1. The second kappa shape index (κ2) is 5.76. The zero-order valence-corrected chi connectivity index (χ0v) is 11.4. The van der Waals surface area contributed by atoms with Crippen molar-refractivity contribution in [1.29, 1.82) is 0 Å². The lowest BCUT2D eigenvalue weighted by atomic mass is 9.75. The van der Waals surface area contributed by atoms with E-state index in [1.54, 1.807) is 6.92 Å². The number of rotatable bonds is 3. The molecule has 4 unspecified atom stereocenters. The maximum absolute atomic E-state index is 11.6. The van der Waals surface area contributed by atoms with Crippen molar-refractivity contribution in [2.75, 3.05) is 0 Å². The average Bonchev–Trinajstić information content (AvgIpc) is 2.52. The molecular formula is C15H22O4. The van der Waals surface area contributed by atoms with E-state index in [2.05, 4.69) is 6.58 Å². The summed E-state index contributed by atoms with van der Waals surface area (Å²) in [6.45, 7) is 5.26. The van der Waals surface area contributed by atoms with Gasteiger partial charge in [-0.15, -0.1) is 0 Å². The van der Waals surface area contributed by atoms with E-state index in [4.69, 9.17) is 4.74 Å². The maximum atomic E-state index is 11.6. The van der Waals surface area contributed by atoms with Gasteiger partial charge in [0.1, 0.15) is 6.10 Å². The summed E-state index contributed by atoms with van der Waals surface area (Å²) >= 11 is 0. The molecule has 0 aromatic rings. The van der Waals surface area contributed by atoms with E-state index in [9.17, 15) is 14.7 Å². The smallest absolute Gasteiger partial charge is 0.333 e. The van der Waals surface area contributed by atoms with Gasteiger partial charge in [-0.25, -0.2) is 4.79 Å². The zero-order chi connectivity index (χ0) is 14.0. The predicted molar refractivity (Wildman–Crippen MR) is 70.5 cm³/mol. The minimum absolute atomic E-state index is 0.0482. The Balaban J connectivity index is 2.01. The molecule has 0 saturated heterocycles. The largest absolute Gasteiger partial charge is 0.481 e. The van der Waals surface area contributed by atoms with Gasteiger partial charge in [-0.1, -0.05) is 13.0 Å². The van der Waals surface area contributed by atoms with Crippen LogP contribution < -0.4 is 0 Å². The molecule has 4 atom stereocenters. The molecule has 2 fully saturated rings. The van der Waals surface area contributed by atoms with E-state index in [0.29, 0.717) is 11.5 Å². The molecule has 0 amide bonds. The van der Waals surface area contributed by atoms with Crippen LogP contribution in [-0.2, 0) is 14.3 Å². The Bertz CT molecular complexity index is 388. The van der Waals surface area contributed by atoms with Crippen LogP contribution >= 0.6 is 0 Å². The summed E-state index contributed by atoms with van der Waals surface area (Å²) in [5.41, 5.74) is 0.430. The molecule has 106 valence electrons. The highest BCUT2D eigenvalue weighted by molar-refractivity contribution is 5.87. The first-order valence-corrected chi connectivity index (χ1v) is 7.08. The van der Waals surface area contributed by atoms with Crippen molar-refractivity contribution < 1.29 is 19.4 Å². The van der Waals surface area contributed by atoms with Gasteiger partial charge in [-0.3, -0.25) is 4.79 Å². The van der Waals surface area contributed by atoms with Crippen molar-refractivity contribution in [3.63, 3.8) is 0 Å². The van der Waals surface area contributed by atoms with E-state index in [0.717, 1.165) is 38.5 Å². The van der Waals surface area contributed by atoms with Crippen molar-refractivity contribution in [1.82, 2.24) is 0 Å². The van der Waals surface area contributed by atoms with Crippen molar-refractivity contribution in [2.24, 2.45) is 17.8 Å². The van der Waals surface area contributed by atoms with Gasteiger partial charge in [-0.2, -0.15) is 0 Å². The molecule has 2 rings (SSSR count). The monoisotopic (exact) mass is 266 g/mol. The summed E-state index contributed by atoms with van der Waals surface area (Å²) in [6.07, 6.45) is 5.11. The van der Waals surface area contributed by atoms with Crippen LogP contribution in [0.15, 0.2) is 12.2 Å². The first-order chi connectivity index (χ1) is 8.99. The summed E-state index contributed by atoms with van der Waals surface area (Å²) in [6, 6.07) is 0. The molecule has 2 aliphatic carbocycles. The number of carbonyl (C=O) groups is 2. The van der Waals surface area contributed by atoms with Crippen LogP contribution in [0, 0.1) is 17.8 Å². The van der Waals surface area contributed by atoms with Crippen molar-refractivity contribution >= 4 is 11.9 Å². The Hall–Kier alpha value is -1.32. The Labute approximate surface area is 113 Å². The number of ether oxygens (including phenoxy) is 1. The highest BCUT2D eigenvalue weighted by atomic mass is 16.5. The molecule has 4 heteroatoms. The van der Waals surface area contributed by atoms with Gasteiger partial charge in [0, 0.05) is 5.57 Å². The highest BCUT2D eigenvalue weighted by Gasteiger charge is 2.40. The molecule has 0 aromatic carbocycles. The summed E-state index contributed by atoms with van der Waals surface area (Å²) in [4.78, 5) is 22.9. The number of carboxylic acids is 1. The molecule has 0 aliphatic heterocycles. The van der Waals surface area contributed by atoms with E-state index in [-0.39, 0.29) is 23.9 Å². The molecule has 4 nitrogen and oxygen atoms in total. The lowest BCUT2D eigenvalue weighted by Gasteiger charge is -2.35. The van der Waals surface area contributed by atoms with E-state index in [1.165, 1.54) is 0 Å². The van der Waals surface area contributed by atoms with Crippen LogP contribution in [0.3, 0.4) is 0 Å². The Morgan fingerprint density at radius 3 is 2.53 bits per heavy atom. The highest BCUT2D eigenvalue weighted by Crippen LogP contribution is 2.42. The standard InChI is InChI=1S/C15H22O4/c1-9(2)15(18)19-13-7-6-10-8-11(13)4-3-5-12(10)14(16)17/h10-13H,1,3-8H2,2H3,(H,16,17).